The summed E-state index contributed by atoms with van der Waals surface area (Å²) >= 11 is 0. The Morgan fingerprint density at radius 1 is 1.21 bits per heavy atom. The average Bonchev–Trinajstić information content (AvgIpc) is 2.88. The highest BCUT2D eigenvalue weighted by Gasteiger charge is 2.34. The Hall–Kier alpha value is -1.88. The fourth-order valence-corrected chi connectivity index (χ4v) is 4.01. The second kappa shape index (κ2) is 7.34. The number of hydrogen-bond acceptors (Lipinski definition) is 3. The van der Waals surface area contributed by atoms with Gasteiger partial charge in [-0.2, -0.15) is 0 Å². The molecule has 2 saturated heterocycles. The van der Waals surface area contributed by atoms with E-state index in [1.807, 2.05) is 26.0 Å². The van der Waals surface area contributed by atoms with Crippen LogP contribution in [0.5, 0.6) is 0 Å². The molecular formula is C19H27N3O2. The SMILES string of the molecule is CCNC(=O)c1ccc(NC(=O)CC2CC3CCC(C2)N3)c(C)c1. The minimum absolute atomic E-state index is 0.0789. The first-order chi connectivity index (χ1) is 11.5. The van der Waals surface area contributed by atoms with E-state index >= 15 is 0 Å². The smallest absolute Gasteiger partial charge is 0.251 e. The summed E-state index contributed by atoms with van der Waals surface area (Å²) in [6.07, 6.45) is 5.32. The maximum absolute atomic E-state index is 12.4. The van der Waals surface area contributed by atoms with Crippen LogP contribution in [0.4, 0.5) is 5.69 Å². The van der Waals surface area contributed by atoms with Crippen molar-refractivity contribution in [3.05, 3.63) is 29.3 Å². The van der Waals surface area contributed by atoms with Gasteiger partial charge in [-0.25, -0.2) is 0 Å². The number of anilines is 1. The molecule has 5 nitrogen and oxygen atoms in total. The van der Waals surface area contributed by atoms with Gasteiger partial charge in [-0.3, -0.25) is 9.59 Å². The maximum atomic E-state index is 12.4. The zero-order chi connectivity index (χ0) is 17.1. The van der Waals surface area contributed by atoms with E-state index in [4.69, 9.17) is 0 Å². The van der Waals surface area contributed by atoms with Gasteiger partial charge in [0, 0.05) is 36.3 Å². The molecule has 0 aliphatic carbocycles. The van der Waals surface area contributed by atoms with Crippen LogP contribution in [0.15, 0.2) is 18.2 Å². The predicted molar refractivity (Wildman–Crippen MR) is 95.1 cm³/mol. The number of amides is 2. The van der Waals surface area contributed by atoms with Crippen LogP contribution in [0, 0.1) is 12.8 Å². The molecule has 2 bridgehead atoms. The standard InChI is InChI=1S/C19H27N3O2/c1-3-20-19(24)14-4-7-17(12(2)8-14)22-18(23)11-13-9-15-5-6-16(10-13)21-15/h4,7-8,13,15-16,21H,3,5-6,9-11H2,1-2H3,(H,20,24)(H,22,23). The Bertz CT molecular complexity index is 617. The highest BCUT2D eigenvalue weighted by atomic mass is 16.2. The lowest BCUT2D eigenvalue weighted by Gasteiger charge is -2.28. The Kier molecular flexibility index (Phi) is 5.19. The molecule has 0 radical (unpaired) electrons. The van der Waals surface area contributed by atoms with Crippen LogP contribution in [-0.2, 0) is 4.79 Å². The van der Waals surface area contributed by atoms with Gasteiger partial charge in [0.2, 0.25) is 5.91 Å². The molecule has 130 valence electrons. The van der Waals surface area contributed by atoms with Crippen molar-refractivity contribution in [3.63, 3.8) is 0 Å². The number of hydrogen-bond donors (Lipinski definition) is 3. The molecule has 3 N–H and O–H groups in total. The molecule has 5 heteroatoms. The van der Waals surface area contributed by atoms with E-state index in [2.05, 4.69) is 16.0 Å². The van der Waals surface area contributed by atoms with E-state index in [0.29, 0.717) is 36.5 Å². The fraction of sp³-hybridized carbons (Fsp3) is 0.579. The first kappa shape index (κ1) is 17.0. The third kappa shape index (κ3) is 3.96. The van der Waals surface area contributed by atoms with Crippen LogP contribution in [-0.4, -0.2) is 30.4 Å². The Labute approximate surface area is 143 Å². The quantitative estimate of drug-likeness (QED) is 0.778. The summed E-state index contributed by atoms with van der Waals surface area (Å²) in [5, 5.41) is 9.41. The summed E-state index contributed by atoms with van der Waals surface area (Å²) in [6.45, 7) is 4.42. The molecule has 0 aromatic heterocycles. The minimum atomic E-state index is -0.0799. The van der Waals surface area contributed by atoms with Gasteiger partial charge in [0.25, 0.3) is 5.91 Å². The number of benzene rings is 1. The zero-order valence-corrected chi connectivity index (χ0v) is 14.5. The monoisotopic (exact) mass is 329 g/mol. The molecule has 2 amide bonds. The van der Waals surface area contributed by atoms with Crippen molar-refractivity contribution in [3.8, 4) is 0 Å². The molecular weight excluding hydrogens is 302 g/mol. The topological polar surface area (TPSA) is 70.2 Å². The predicted octanol–water partition coefficient (Wildman–Crippen LogP) is 2.60. The van der Waals surface area contributed by atoms with Gasteiger partial charge in [0.15, 0.2) is 0 Å². The van der Waals surface area contributed by atoms with E-state index in [1.54, 1.807) is 6.07 Å². The van der Waals surface area contributed by atoms with Gasteiger partial charge < -0.3 is 16.0 Å². The van der Waals surface area contributed by atoms with Crippen molar-refractivity contribution in [1.29, 1.82) is 0 Å². The van der Waals surface area contributed by atoms with Crippen molar-refractivity contribution in [1.82, 2.24) is 10.6 Å². The van der Waals surface area contributed by atoms with Crippen LogP contribution in [0.1, 0.15) is 54.9 Å². The molecule has 1 aromatic rings. The summed E-state index contributed by atoms with van der Waals surface area (Å²) in [5.41, 5.74) is 2.34. The number of piperidine rings is 1. The lowest BCUT2D eigenvalue weighted by Crippen LogP contribution is -2.39. The molecule has 2 fully saturated rings. The molecule has 24 heavy (non-hydrogen) atoms. The van der Waals surface area contributed by atoms with E-state index in [9.17, 15) is 9.59 Å². The fourth-order valence-electron chi connectivity index (χ4n) is 4.01. The Balaban J connectivity index is 1.57. The van der Waals surface area contributed by atoms with Crippen molar-refractivity contribution in [2.24, 2.45) is 5.92 Å². The summed E-state index contributed by atoms with van der Waals surface area (Å²) in [4.78, 5) is 24.2. The van der Waals surface area contributed by atoms with Gasteiger partial charge >= 0.3 is 0 Å². The van der Waals surface area contributed by atoms with Gasteiger partial charge in [-0.1, -0.05) is 0 Å². The number of nitrogens with one attached hydrogen (secondary N) is 3. The molecule has 2 heterocycles. The van der Waals surface area contributed by atoms with E-state index in [0.717, 1.165) is 24.1 Å². The summed E-state index contributed by atoms with van der Waals surface area (Å²) < 4.78 is 0. The van der Waals surface area contributed by atoms with Crippen LogP contribution >= 0.6 is 0 Å². The molecule has 2 aliphatic heterocycles. The lowest BCUT2D eigenvalue weighted by molar-refractivity contribution is -0.117. The molecule has 0 spiro atoms. The number of fused-ring (bicyclic) bond motifs is 2. The van der Waals surface area contributed by atoms with E-state index in [1.165, 1.54) is 12.8 Å². The number of carbonyl (C=O) groups is 2. The molecule has 2 aliphatic rings. The van der Waals surface area contributed by atoms with E-state index < -0.39 is 0 Å². The highest BCUT2D eigenvalue weighted by molar-refractivity contribution is 5.96. The van der Waals surface area contributed by atoms with Gasteiger partial charge in [0.1, 0.15) is 0 Å². The third-order valence-corrected chi connectivity index (χ3v) is 5.14. The van der Waals surface area contributed by atoms with Crippen LogP contribution in [0.2, 0.25) is 0 Å². The second-order valence-corrected chi connectivity index (χ2v) is 7.12. The van der Waals surface area contributed by atoms with Crippen molar-refractivity contribution in [2.45, 2.75) is 58.0 Å². The van der Waals surface area contributed by atoms with Crippen LogP contribution in [0.25, 0.3) is 0 Å². The summed E-state index contributed by atoms with van der Waals surface area (Å²) in [6, 6.07) is 6.63. The Morgan fingerprint density at radius 3 is 2.54 bits per heavy atom. The van der Waals surface area contributed by atoms with Gasteiger partial charge in [-0.05, 0) is 69.2 Å². The van der Waals surface area contributed by atoms with Crippen LogP contribution in [0.3, 0.4) is 0 Å². The first-order valence-electron chi connectivity index (χ1n) is 9.00. The second-order valence-electron chi connectivity index (χ2n) is 7.12. The highest BCUT2D eigenvalue weighted by Crippen LogP contribution is 2.32. The molecule has 3 rings (SSSR count). The van der Waals surface area contributed by atoms with Crippen molar-refractivity contribution >= 4 is 17.5 Å². The zero-order valence-electron chi connectivity index (χ0n) is 14.5. The van der Waals surface area contributed by atoms with Crippen LogP contribution < -0.4 is 16.0 Å². The van der Waals surface area contributed by atoms with Gasteiger partial charge in [0.05, 0.1) is 0 Å². The third-order valence-electron chi connectivity index (χ3n) is 5.14. The van der Waals surface area contributed by atoms with Gasteiger partial charge in [-0.15, -0.1) is 0 Å². The normalized spacial score (nSPS) is 25.3. The van der Waals surface area contributed by atoms with E-state index in [-0.39, 0.29) is 11.8 Å². The van der Waals surface area contributed by atoms with Crippen molar-refractivity contribution < 1.29 is 9.59 Å². The number of rotatable bonds is 5. The van der Waals surface area contributed by atoms with Crippen molar-refractivity contribution in [2.75, 3.05) is 11.9 Å². The maximum Gasteiger partial charge on any atom is 0.251 e. The average molecular weight is 329 g/mol. The Morgan fingerprint density at radius 2 is 1.92 bits per heavy atom. The molecule has 2 atom stereocenters. The molecule has 1 aromatic carbocycles. The molecule has 0 saturated carbocycles. The molecule has 2 unspecified atom stereocenters. The summed E-state index contributed by atoms with van der Waals surface area (Å²) in [7, 11) is 0. The number of carbonyl (C=O) groups excluding carboxylic acids is 2. The minimum Gasteiger partial charge on any atom is -0.352 e. The lowest BCUT2D eigenvalue weighted by atomic mass is 9.89. The number of aryl methyl sites for hydroxylation is 1. The largest absolute Gasteiger partial charge is 0.352 e. The summed E-state index contributed by atoms with van der Waals surface area (Å²) in [5.74, 6) is 0.484. The first-order valence-corrected chi connectivity index (χ1v) is 9.00.